The van der Waals surface area contributed by atoms with Gasteiger partial charge in [-0.2, -0.15) is 0 Å². The maximum atomic E-state index is 9.66. The Morgan fingerprint density at radius 2 is 2.06 bits per heavy atom. The van der Waals surface area contributed by atoms with E-state index in [-0.39, 0.29) is 0 Å². The lowest BCUT2D eigenvalue weighted by molar-refractivity contribution is 0.133. The van der Waals surface area contributed by atoms with E-state index in [1.807, 2.05) is 32.9 Å². The topological polar surface area (TPSA) is 67.5 Å². The summed E-state index contributed by atoms with van der Waals surface area (Å²) in [5.41, 5.74) is 6.87. The summed E-state index contributed by atoms with van der Waals surface area (Å²) in [6, 6.07) is 5.49. The van der Waals surface area contributed by atoms with Crippen molar-refractivity contribution < 1.29 is 9.84 Å². The van der Waals surface area contributed by atoms with Gasteiger partial charge in [-0.25, -0.2) is 0 Å². The molecule has 96 valence electrons. The van der Waals surface area contributed by atoms with Crippen molar-refractivity contribution in [2.24, 2.45) is 0 Å². The molecule has 4 nitrogen and oxygen atoms in total. The Kier molecular flexibility index (Phi) is 4.23. The first kappa shape index (κ1) is 13.6. The van der Waals surface area contributed by atoms with Crippen LogP contribution in [0.5, 0.6) is 5.75 Å². The Labute approximate surface area is 103 Å². The van der Waals surface area contributed by atoms with E-state index >= 15 is 0 Å². The number of hydrogen-bond donors (Lipinski definition) is 3. The minimum absolute atomic E-state index is 0.419. The molecule has 0 fully saturated rings. The number of nitrogens with one attached hydrogen (secondary N) is 1. The van der Waals surface area contributed by atoms with E-state index in [2.05, 4.69) is 5.32 Å². The van der Waals surface area contributed by atoms with Crippen LogP contribution in [0.3, 0.4) is 0 Å². The average Bonchev–Trinajstić information content (AvgIpc) is 2.15. The number of anilines is 2. The number of benzene rings is 1. The number of ether oxygens (including phenoxy) is 1. The fraction of sp³-hybridized carbons (Fsp3) is 0.538. The normalized spacial score (nSPS) is 13.2. The van der Waals surface area contributed by atoms with Crippen LogP contribution in [-0.4, -0.2) is 23.4 Å². The molecule has 0 aliphatic carbocycles. The third kappa shape index (κ3) is 3.82. The quantitative estimate of drug-likeness (QED) is 0.688. The Hall–Kier alpha value is -1.42. The molecule has 1 atom stereocenters. The van der Waals surface area contributed by atoms with Crippen LogP contribution in [0.2, 0.25) is 0 Å². The van der Waals surface area contributed by atoms with Gasteiger partial charge in [0.2, 0.25) is 0 Å². The molecular weight excluding hydrogens is 216 g/mol. The van der Waals surface area contributed by atoms with Crippen molar-refractivity contribution in [2.45, 2.75) is 39.3 Å². The lowest BCUT2D eigenvalue weighted by Crippen LogP contribution is -2.41. The maximum Gasteiger partial charge on any atom is 0.123 e. The van der Waals surface area contributed by atoms with Crippen molar-refractivity contribution in [3.8, 4) is 5.75 Å². The molecule has 1 rings (SSSR count). The molecular formula is C13H22N2O2. The molecule has 0 saturated carbocycles. The van der Waals surface area contributed by atoms with E-state index in [1.54, 1.807) is 13.0 Å². The third-order valence-electron chi connectivity index (χ3n) is 2.75. The van der Waals surface area contributed by atoms with E-state index in [9.17, 15) is 5.11 Å². The lowest BCUT2D eigenvalue weighted by Gasteiger charge is -2.30. The molecule has 17 heavy (non-hydrogen) atoms. The fourth-order valence-corrected chi connectivity index (χ4v) is 1.42. The van der Waals surface area contributed by atoms with Gasteiger partial charge in [-0.15, -0.1) is 0 Å². The van der Waals surface area contributed by atoms with Gasteiger partial charge in [-0.3, -0.25) is 0 Å². The van der Waals surface area contributed by atoms with Crippen molar-refractivity contribution in [2.75, 3.05) is 17.7 Å². The second-order valence-corrected chi connectivity index (χ2v) is 4.75. The first-order chi connectivity index (χ1) is 7.85. The second kappa shape index (κ2) is 5.27. The van der Waals surface area contributed by atoms with Crippen LogP contribution in [0.15, 0.2) is 18.2 Å². The second-order valence-electron chi connectivity index (χ2n) is 4.75. The number of aliphatic hydroxyl groups is 1. The molecule has 0 aromatic heterocycles. The summed E-state index contributed by atoms with van der Waals surface area (Å²) < 4.78 is 5.42. The van der Waals surface area contributed by atoms with E-state index in [4.69, 9.17) is 10.5 Å². The molecule has 0 amide bonds. The number of nitrogens with two attached hydrogens (primary N) is 1. The van der Waals surface area contributed by atoms with Crippen LogP contribution in [0.1, 0.15) is 27.7 Å². The molecule has 0 spiro atoms. The predicted molar refractivity (Wildman–Crippen MR) is 71.4 cm³/mol. The molecule has 0 heterocycles. The molecule has 1 aromatic rings. The predicted octanol–water partition coefficient (Wildman–Crippen LogP) is 2.24. The molecule has 1 unspecified atom stereocenters. The molecule has 0 saturated heterocycles. The first-order valence-electron chi connectivity index (χ1n) is 5.84. The minimum Gasteiger partial charge on any atom is -0.494 e. The maximum absolute atomic E-state index is 9.66. The third-order valence-corrected chi connectivity index (χ3v) is 2.75. The molecule has 4 N–H and O–H groups in total. The highest BCUT2D eigenvalue weighted by molar-refractivity contribution is 5.60. The van der Waals surface area contributed by atoms with Gasteiger partial charge in [0.05, 0.1) is 18.2 Å². The van der Waals surface area contributed by atoms with Crippen LogP contribution in [0.25, 0.3) is 0 Å². The van der Waals surface area contributed by atoms with Crippen molar-refractivity contribution in [3.05, 3.63) is 18.2 Å². The zero-order valence-corrected chi connectivity index (χ0v) is 10.9. The van der Waals surface area contributed by atoms with Gasteiger partial charge in [-0.1, -0.05) is 0 Å². The number of hydrogen-bond acceptors (Lipinski definition) is 4. The van der Waals surface area contributed by atoms with Gasteiger partial charge in [-0.05, 0) is 33.8 Å². The molecule has 0 bridgehead atoms. The smallest absolute Gasteiger partial charge is 0.123 e. The van der Waals surface area contributed by atoms with Crippen molar-refractivity contribution in [3.63, 3.8) is 0 Å². The summed E-state index contributed by atoms with van der Waals surface area (Å²) in [5.74, 6) is 0.733. The highest BCUT2D eigenvalue weighted by Gasteiger charge is 2.23. The van der Waals surface area contributed by atoms with Gasteiger partial charge in [0.25, 0.3) is 0 Å². The van der Waals surface area contributed by atoms with Gasteiger partial charge < -0.3 is 20.9 Å². The number of nitrogen functional groups attached to an aromatic ring is 1. The van der Waals surface area contributed by atoms with Gasteiger partial charge in [0.15, 0.2) is 0 Å². The van der Waals surface area contributed by atoms with Gasteiger partial charge >= 0.3 is 0 Å². The Morgan fingerprint density at radius 3 is 2.59 bits per heavy atom. The largest absolute Gasteiger partial charge is 0.494 e. The molecule has 0 radical (unpaired) electrons. The number of rotatable bonds is 5. The Balaban J connectivity index is 2.91. The summed E-state index contributed by atoms with van der Waals surface area (Å²) in [6.45, 7) is 8.14. The van der Waals surface area contributed by atoms with Crippen molar-refractivity contribution in [1.29, 1.82) is 0 Å². The summed E-state index contributed by atoms with van der Waals surface area (Å²) in [5, 5.41) is 12.9. The number of aliphatic hydroxyl groups excluding tert-OH is 1. The molecule has 1 aromatic carbocycles. The van der Waals surface area contributed by atoms with E-state index in [0.29, 0.717) is 12.3 Å². The van der Waals surface area contributed by atoms with Crippen LogP contribution >= 0.6 is 0 Å². The lowest BCUT2D eigenvalue weighted by atomic mass is 9.98. The highest BCUT2D eigenvalue weighted by Crippen LogP contribution is 2.26. The zero-order chi connectivity index (χ0) is 13.1. The molecule has 4 heteroatoms. The Bertz CT molecular complexity index is 376. The highest BCUT2D eigenvalue weighted by atomic mass is 16.5. The van der Waals surface area contributed by atoms with Gasteiger partial charge in [0.1, 0.15) is 5.75 Å². The van der Waals surface area contributed by atoms with Gasteiger partial charge in [0, 0.05) is 23.5 Å². The first-order valence-corrected chi connectivity index (χ1v) is 5.84. The zero-order valence-electron chi connectivity index (χ0n) is 10.9. The van der Waals surface area contributed by atoms with Crippen LogP contribution in [0, 0.1) is 0 Å². The van der Waals surface area contributed by atoms with Crippen LogP contribution < -0.4 is 15.8 Å². The summed E-state index contributed by atoms with van der Waals surface area (Å²) in [4.78, 5) is 0. The minimum atomic E-state index is -0.473. The van der Waals surface area contributed by atoms with Crippen molar-refractivity contribution >= 4 is 11.4 Å². The fourth-order valence-electron chi connectivity index (χ4n) is 1.42. The van der Waals surface area contributed by atoms with Crippen LogP contribution in [-0.2, 0) is 0 Å². The SMILES string of the molecule is CCOc1cc(N)cc(NC(C)(C)C(C)O)c1. The van der Waals surface area contributed by atoms with Crippen molar-refractivity contribution in [1.82, 2.24) is 0 Å². The van der Waals surface area contributed by atoms with E-state index < -0.39 is 11.6 Å². The molecule has 0 aliphatic rings. The monoisotopic (exact) mass is 238 g/mol. The summed E-state index contributed by atoms with van der Waals surface area (Å²) in [6.07, 6.45) is -0.473. The summed E-state index contributed by atoms with van der Waals surface area (Å²) in [7, 11) is 0. The Morgan fingerprint density at radius 1 is 1.41 bits per heavy atom. The standard InChI is InChI=1S/C13H22N2O2/c1-5-17-12-7-10(14)6-11(8-12)15-13(3,4)9(2)16/h6-9,15-16H,5,14H2,1-4H3. The molecule has 0 aliphatic heterocycles. The van der Waals surface area contributed by atoms with E-state index in [0.717, 1.165) is 11.4 Å². The summed E-state index contributed by atoms with van der Waals surface area (Å²) >= 11 is 0. The van der Waals surface area contributed by atoms with Crippen LogP contribution in [0.4, 0.5) is 11.4 Å². The van der Waals surface area contributed by atoms with E-state index in [1.165, 1.54) is 0 Å². The average molecular weight is 238 g/mol.